The van der Waals surface area contributed by atoms with Crippen molar-refractivity contribution in [3.8, 4) is 0 Å². The van der Waals surface area contributed by atoms with E-state index in [1.54, 1.807) is 0 Å². The second-order valence-corrected chi connectivity index (χ2v) is 6.50. The van der Waals surface area contributed by atoms with Crippen LogP contribution >= 0.6 is 0 Å². The van der Waals surface area contributed by atoms with Gasteiger partial charge < -0.3 is 10.2 Å². The van der Waals surface area contributed by atoms with Crippen molar-refractivity contribution in [3.63, 3.8) is 0 Å². The molecule has 0 unspecified atom stereocenters. The molecule has 2 aliphatic rings. The van der Waals surface area contributed by atoms with Crippen molar-refractivity contribution in [2.24, 2.45) is 5.41 Å². The average molecular weight is 273 g/mol. The van der Waals surface area contributed by atoms with Gasteiger partial charge in [0.1, 0.15) is 5.82 Å². The van der Waals surface area contributed by atoms with E-state index in [0.717, 1.165) is 18.9 Å². The third kappa shape index (κ3) is 2.98. The Balaban J connectivity index is 1.57. The van der Waals surface area contributed by atoms with Crippen molar-refractivity contribution in [1.29, 1.82) is 0 Å². The number of piperidine rings is 1. The maximum Gasteiger partial charge on any atom is 0.128 e. The molecular formula is C17H27N3. The largest absolute Gasteiger partial charge is 0.357 e. The lowest BCUT2D eigenvalue weighted by Gasteiger charge is -2.40. The van der Waals surface area contributed by atoms with Gasteiger partial charge >= 0.3 is 0 Å². The van der Waals surface area contributed by atoms with Gasteiger partial charge in [-0.1, -0.05) is 25.8 Å². The number of hydrogen-bond acceptors (Lipinski definition) is 3. The van der Waals surface area contributed by atoms with Crippen LogP contribution in [-0.2, 0) is 6.54 Å². The van der Waals surface area contributed by atoms with Crippen LogP contribution in [0.5, 0.6) is 0 Å². The summed E-state index contributed by atoms with van der Waals surface area (Å²) in [5.74, 6) is 1.16. The highest BCUT2D eigenvalue weighted by Crippen LogP contribution is 2.46. The number of anilines is 1. The SMILES string of the molecule is CCNCc1ccc(N2CCC3(CCCC3)CC2)nc1. The minimum Gasteiger partial charge on any atom is -0.357 e. The smallest absolute Gasteiger partial charge is 0.128 e. The Bertz CT molecular complexity index is 410. The van der Waals surface area contributed by atoms with Crippen molar-refractivity contribution in [1.82, 2.24) is 10.3 Å². The van der Waals surface area contributed by atoms with Gasteiger partial charge in [0.25, 0.3) is 0 Å². The molecule has 0 bridgehead atoms. The molecule has 1 aliphatic heterocycles. The molecular weight excluding hydrogens is 246 g/mol. The Labute approximate surface area is 122 Å². The predicted molar refractivity (Wildman–Crippen MR) is 84.0 cm³/mol. The molecule has 0 atom stereocenters. The first-order valence-electron chi connectivity index (χ1n) is 8.22. The van der Waals surface area contributed by atoms with Crippen molar-refractivity contribution in [2.75, 3.05) is 24.5 Å². The molecule has 1 N–H and O–H groups in total. The molecule has 1 aromatic rings. The molecule has 2 fully saturated rings. The van der Waals surface area contributed by atoms with E-state index in [0.29, 0.717) is 5.41 Å². The van der Waals surface area contributed by atoms with Crippen LogP contribution in [0.15, 0.2) is 18.3 Å². The minimum absolute atomic E-state index is 0.696. The van der Waals surface area contributed by atoms with Gasteiger partial charge in [-0.3, -0.25) is 0 Å². The van der Waals surface area contributed by atoms with Crippen molar-refractivity contribution in [3.05, 3.63) is 23.9 Å². The predicted octanol–water partition coefficient (Wildman–Crippen LogP) is 3.35. The maximum atomic E-state index is 4.66. The van der Waals surface area contributed by atoms with Gasteiger partial charge in [0.05, 0.1) is 0 Å². The molecule has 20 heavy (non-hydrogen) atoms. The Kier molecular flexibility index (Phi) is 4.25. The normalized spacial score (nSPS) is 21.6. The molecule has 110 valence electrons. The summed E-state index contributed by atoms with van der Waals surface area (Å²) in [6.45, 7) is 6.45. The molecule has 3 nitrogen and oxygen atoms in total. The Morgan fingerprint density at radius 3 is 2.50 bits per heavy atom. The zero-order valence-electron chi connectivity index (χ0n) is 12.7. The lowest BCUT2D eigenvalue weighted by Crippen LogP contribution is -2.39. The van der Waals surface area contributed by atoms with Gasteiger partial charge in [0.15, 0.2) is 0 Å². The number of aromatic nitrogens is 1. The zero-order chi connectivity index (χ0) is 13.8. The lowest BCUT2D eigenvalue weighted by atomic mass is 9.77. The quantitative estimate of drug-likeness (QED) is 0.912. The maximum absolute atomic E-state index is 4.66. The van der Waals surface area contributed by atoms with E-state index >= 15 is 0 Å². The Morgan fingerprint density at radius 2 is 1.90 bits per heavy atom. The molecule has 1 aromatic heterocycles. The summed E-state index contributed by atoms with van der Waals surface area (Å²) in [5.41, 5.74) is 1.97. The van der Waals surface area contributed by atoms with E-state index in [-0.39, 0.29) is 0 Å². The summed E-state index contributed by atoms with van der Waals surface area (Å²) in [7, 11) is 0. The molecule has 0 amide bonds. The minimum atomic E-state index is 0.696. The molecule has 1 spiro atoms. The first kappa shape index (κ1) is 13.9. The van der Waals surface area contributed by atoms with Gasteiger partial charge in [-0.05, 0) is 49.3 Å². The molecule has 1 aliphatic carbocycles. The third-order valence-corrected chi connectivity index (χ3v) is 5.20. The van der Waals surface area contributed by atoms with Crippen LogP contribution in [0.3, 0.4) is 0 Å². The fourth-order valence-electron chi connectivity index (χ4n) is 3.81. The highest BCUT2D eigenvalue weighted by Gasteiger charge is 2.37. The standard InChI is InChI=1S/C17H27N3/c1-2-18-13-15-5-6-16(19-14-15)20-11-9-17(10-12-20)7-3-4-8-17/h5-6,14,18H,2-4,7-13H2,1H3. The summed E-state index contributed by atoms with van der Waals surface area (Å²) in [6, 6.07) is 4.41. The molecule has 2 heterocycles. The molecule has 0 aromatic carbocycles. The van der Waals surface area contributed by atoms with E-state index in [1.807, 2.05) is 6.20 Å². The summed E-state index contributed by atoms with van der Waals surface area (Å²) >= 11 is 0. The lowest BCUT2D eigenvalue weighted by molar-refractivity contribution is 0.226. The second kappa shape index (κ2) is 6.13. The Morgan fingerprint density at radius 1 is 1.15 bits per heavy atom. The number of pyridine rings is 1. The summed E-state index contributed by atoms with van der Waals surface area (Å²) < 4.78 is 0. The second-order valence-electron chi connectivity index (χ2n) is 6.50. The zero-order valence-corrected chi connectivity index (χ0v) is 12.7. The van der Waals surface area contributed by atoms with E-state index in [2.05, 4.69) is 34.3 Å². The summed E-state index contributed by atoms with van der Waals surface area (Å²) in [4.78, 5) is 7.13. The monoisotopic (exact) mass is 273 g/mol. The van der Waals surface area contributed by atoms with Gasteiger partial charge in [0.2, 0.25) is 0 Å². The number of nitrogens with one attached hydrogen (secondary N) is 1. The molecule has 0 radical (unpaired) electrons. The van der Waals surface area contributed by atoms with Crippen LogP contribution in [0.1, 0.15) is 51.0 Å². The van der Waals surface area contributed by atoms with Gasteiger partial charge in [0, 0.05) is 25.8 Å². The summed E-state index contributed by atoms with van der Waals surface area (Å²) in [6.07, 6.45) is 10.6. The number of nitrogens with zero attached hydrogens (tertiary/aromatic N) is 2. The van der Waals surface area contributed by atoms with Gasteiger partial charge in [-0.25, -0.2) is 4.98 Å². The van der Waals surface area contributed by atoms with Crippen molar-refractivity contribution in [2.45, 2.75) is 52.0 Å². The Hall–Kier alpha value is -1.09. The van der Waals surface area contributed by atoms with Crippen LogP contribution in [0.4, 0.5) is 5.82 Å². The van der Waals surface area contributed by atoms with Crippen LogP contribution in [0, 0.1) is 5.41 Å². The molecule has 3 rings (SSSR count). The number of rotatable bonds is 4. The molecule has 3 heteroatoms. The fourth-order valence-corrected chi connectivity index (χ4v) is 3.81. The van der Waals surface area contributed by atoms with E-state index in [9.17, 15) is 0 Å². The van der Waals surface area contributed by atoms with Crippen LogP contribution < -0.4 is 10.2 Å². The van der Waals surface area contributed by atoms with Crippen molar-refractivity contribution < 1.29 is 0 Å². The van der Waals surface area contributed by atoms with E-state index < -0.39 is 0 Å². The van der Waals surface area contributed by atoms with Crippen LogP contribution in [0.25, 0.3) is 0 Å². The fraction of sp³-hybridized carbons (Fsp3) is 0.706. The third-order valence-electron chi connectivity index (χ3n) is 5.20. The highest BCUT2D eigenvalue weighted by molar-refractivity contribution is 5.40. The highest BCUT2D eigenvalue weighted by atomic mass is 15.2. The van der Waals surface area contributed by atoms with E-state index in [4.69, 9.17) is 0 Å². The van der Waals surface area contributed by atoms with E-state index in [1.165, 1.54) is 57.2 Å². The molecule has 1 saturated heterocycles. The van der Waals surface area contributed by atoms with Crippen LogP contribution in [0.2, 0.25) is 0 Å². The first-order chi connectivity index (χ1) is 9.81. The molecule has 1 saturated carbocycles. The summed E-state index contributed by atoms with van der Waals surface area (Å²) in [5, 5.41) is 3.34. The topological polar surface area (TPSA) is 28.2 Å². The van der Waals surface area contributed by atoms with Crippen LogP contribution in [-0.4, -0.2) is 24.6 Å². The first-order valence-corrected chi connectivity index (χ1v) is 8.22. The average Bonchev–Trinajstić information content (AvgIpc) is 2.95. The van der Waals surface area contributed by atoms with Crippen molar-refractivity contribution >= 4 is 5.82 Å². The van der Waals surface area contributed by atoms with Gasteiger partial charge in [-0.2, -0.15) is 0 Å². The van der Waals surface area contributed by atoms with Gasteiger partial charge in [-0.15, -0.1) is 0 Å². The number of hydrogen-bond donors (Lipinski definition) is 1.